The van der Waals surface area contributed by atoms with Gasteiger partial charge in [-0.25, -0.2) is 4.90 Å². The molecule has 2 bridgehead atoms. The Morgan fingerprint density at radius 3 is 2.32 bits per heavy atom. The highest BCUT2D eigenvalue weighted by atomic mass is 16.7. The van der Waals surface area contributed by atoms with Gasteiger partial charge < -0.3 is 18.9 Å². The first-order valence-electron chi connectivity index (χ1n) is 10.1. The maximum atomic E-state index is 13.4. The van der Waals surface area contributed by atoms with Gasteiger partial charge in [0.1, 0.15) is 5.75 Å². The van der Waals surface area contributed by atoms with E-state index in [1.807, 2.05) is 6.92 Å². The molecule has 4 rings (SSSR count). The van der Waals surface area contributed by atoms with Gasteiger partial charge in [0.25, 0.3) is 6.29 Å². The van der Waals surface area contributed by atoms with Gasteiger partial charge in [-0.15, -0.1) is 0 Å². The van der Waals surface area contributed by atoms with Gasteiger partial charge in [-0.1, -0.05) is 13.0 Å². The van der Waals surface area contributed by atoms with Crippen LogP contribution in [0, 0.1) is 11.8 Å². The number of imide groups is 1. The molecule has 9 heteroatoms. The van der Waals surface area contributed by atoms with Crippen LogP contribution in [0.5, 0.6) is 5.75 Å². The highest BCUT2D eigenvalue weighted by Crippen LogP contribution is 2.54. The zero-order valence-electron chi connectivity index (χ0n) is 17.4. The third-order valence-corrected chi connectivity index (χ3v) is 5.56. The average Bonchev–Trinajstić information content (AvgIpc) is 3.37. The van der Waals surface area contributed by atoms with Crippen molar-refractivity contribution in [2.24, 2.45) is 11.8 Å². The lowest BCUT2D eigenvalue weighted by molar-refractivity contribution is -0.226. The lowest BCUT2D eigenvalue weighted by Gasteiger charge is -2.34. The van der Waals surface area contributed by atoms with Crippen LogP contribution >= 0.6 is 0 Å². The number of nitrogens with zero attached hydrogens (tertiary/aromatic N) is 1. The lowest BCUT2D eigenvalue weighted by atomic mass is 9.76. The minimum Gasteiger partial charge on any atom is -0.494 e. The third-order valence-electron chi connectivity index (χ3n) is 5.56. The third kappa shape index (κ3) is 3.38. The minimum absolute atomic E-state index is 0.402. The SMILES string of the molecule is CCCOc1ccc(N2C(=O)[C@@H]3[C@@H]4C=C[C@@](C(OC(C)=O)OC(C)=O)(O4)[C@@H]3C2=O)cc1. The van der Waals surface area contributed by atoms with Crippen LogP contribution in [0.25, 0.3) is 0 Å². The largest absolute Gasteiger partial charge is 0.494 e. The smallest absolute Gasteiger partial charge is 0.305 e. The van der Waals surface area contributed by atoms with Crippen LogP contribution in [-0.4, -0.2) is 48.4 Å². The Labute approximate surface area is 178 Å². The Bertz CT molecular complexity index is 939. The zero-order chi connectivity index (χ0) is 22.3. The molecule has 9 nitrogen and oxygen atoms in total. The van der Waals surface area contributed by atoms with Gasteiger partial charge >= 0.3 is 11.9 Å². The molecule has 3 heterocycles. The summed E-state index contributed by atoms with van der Waals surface area (Å²) in [5.41, 5.74) is -1.16. The summed E-state index contributed by atoms with van der Waals surface area (Å²) in [4.78, 5) is 51.0. The first kappa shape index (κ1) is 21.0. The number of hydrogen-bond acceptors (Lipinski definition) is 8. The summed E-state index contributed by atoms with van der Waals surface area (Å²) in [6, 6.07) is 6.67. The van der Waals surface area contributed by atoms with Gasteiger partial charge in [0.15, 0.2) is 5.60 Å². The number of rotatable bonds is 7. The molecule has 0 spiro atoms. The van der Waals surface area contributed by atoms with E-state index in [1.54, 1.807) is 36.4 Å². The number of hydrogen-bond donors (Lipinski definition) is 0. The number of amides is 2. The summed E-state index contributed by atoms with van der Waals surface area (Å²) >= 11 is 0. The number of carbonyl (C=O) groups excluding carboxylic acids is 4. The molecule has 164 valence electrons. The number of esters is 2. The number of ether oxygens (including phenoxy) is 4. The first-order valence-corrected chi connectivity index (χ1v) is 10.1. The van der Waals surface area contributed by atoms with Crippen LogP contribution in [0.1, 0.15) is 27.2 Å². The fourth-order valence-corrected chi connectivity index (χ4v) is 4.38. The van der Waals surface area contributed by atoms with E-state index in [-0.39, 0.29) is 0 Å². The van der Waals surface area contributed by atoms with Crippen molar-refractivity contribution in [2.75, 3.05) is 11.5 Å². The molecule has 3 aliphatic heterocycles. The zero-order valence-corrected chi connectivity index (χ0v) is 17.4. The molecule has 3 aliphatic rings. The van der Waals surface area contributed by atoms with E-state index in [2.05, 4.69) is 0 Å². The predicted octanol–water partition coefficient (Wildman–Crippen LogP) is 1.74. The van der Waals surface area contributed by atoms with Crippen molar-refractivity contribution in [2.45, 2.75) is 45.2 Å². The molecule has 2 fully saturated rings. The van der Waals surface area contributed by atoms with E-state index >= 15 is 0 Å². The average molecular weight is 429 g/mol. The van der Waals surface area contributed by atoms with Crippen LogP contribution in [0.2, 0.25) is 0 Å². The second-order valence-corrected chi connectivity index (χ2v) is 7.70. The second kappa shape index (κ2) is 7.81. The van der Waals surface area contributed by atoms with E-state index in [0.717, 1.165) is 25.2 Å². The topological polar surface area (TPSA) is 108 Å². The molecule has 2 amide bonds. The van der Waals surface area contributed by atoms with Crippen LogP contribution in [0.3, 0.4) is 0 Å². The number of anilines is 1. The van der Waals surface area contributed by atoms with Gasteiger partial charge in [0.2, 0.25) is 11.8 Å². The summed E-state index contributed by atoms with van der Waals surface area (Å²) in [5.74, 6) is -3.50. The standard InChI is InChI=1S/C22H23NO8/c1-4-11-28-15-7-5-14(6-8-15)23-19(26)17-16-9-10-22(31-16,18(17)20(23)27)21(29-12(2)24)30-13(3)25/h5-10,16-18,21H,4,11H2,1-3H3/t16-,17+,18-,22+/m0/s1. The molecule has 1 aromatic rings. The number of fused-ring (bicyclic) bond motifs is 5. The van der Waals surface area contributed by atoms with Gasteiger partial charge in [0, 0.05) is 13.8 Å². The van der Waals surface area contributed by atoms with Crippen LogP contribution in [-0.2, 0) is 33.4 Å². The van der Waals surface area contributed by atoms with Crippen molar-refractivity contribution < 1.29 is 38.1 Å². The van der Waals surface area contributed by atoms with Crippen LogP contribution in [0.15, 0.2) is 36.4 Å². The summed E-state index contributed by atoms with van der Waals surface area (Å²) in [5, 5.41) is 0. The summed E-state index contributed by atoms with van der Waals surface area (Å²) in [7, 11) is 0. The summed E-state index contributed by atoms with van der Waals surface area (Å²) in [6.45, 7) is 4.87. The molecule has 4 atom stereocenters. The predicted molar refractivity (Wildman–Crippen MR) is 106 cm³/mol. The van der Waals surface area contributed by atoms with Crippen molar-refractivity contribution in [3.05, 3.63) is 36.4 Å². The van der Waals surface area contributed by atoms with Gasteiger partial charge in [-0.2, -0.15) is 0 Å². The fourth-order valence-electron chi connectivity index (χ4n) is 4.38. The Morgan fingerprint density at radius 2 is 1.74 bits per heavy atom. The Kier molecular flexibility index (Phi) is 5.30. The molecular weight excluding hydrogens is 406 g/mol. The molecule has 0 radical (unpaired) electrons. The summed E-state index contributed by atoms with van der Waals surface area (Å²) < 4.78 is 21.9. The van der Waals surface area contributed by atoms with E-state index in [1.165, 1.54) is 0 Å². The van der Waals surface area contributed by atoms with E-state index in [4.69, 9.17) is 18.9 Å². The van der Waals surface area contributed by atoms with Crippen molar-refractivity contribution in [3.63, 3.8) is 0 Å². The van der Waals surface area contributed by atoms with Crippen molar-refractivity contribution in [3.8, 4) is 5.75 Å². The Hall–Kier alpha value is -3.20. The maximum absolute atomic E-state index is 13.4. The molecular formula is C22H23NO8. The van der Waals surface area contributed by atoms with Crippen molar-refractivity contribution >= 4 is 29.4 Å². The normalized spacial score (nSPS) is 28.3. The number of carbonyl (C=O) groups is 4. The lowest BCUT2D eigenvalue weighted by Crippen LogP contribution is -2.52. The molecule has 0 saturated carbocycles. The van der Waals surface area contributed by atoms with E-state index in [9.17, 15) is 19.2 Å². The minimum atomic E-state index is -1.56. The molecule has 0 aliphatic carbocycles. The molecule has 0 unspecified atom stereocenters. The van der Waals surface area contributed by atoms with Gasteiger partial charge in [-0.3, -0.25) is 19.2 Å². The first-order chi connectivity index (χ1) is 14.8. The quantitative estimate of drug-likeness (QED) is 0.279. The molecule has 31 heavy (non-hydrogen) atoms. The monoisotopic (exact) mass is 429 g/mol. The van der Waals surface area contributed by atoms with Crippen molar-refractivity contribution in [1.82, 2.24) is 0 Å². The highest BCUT2D eigenvalue weighted by molar-refractivity contribution is 6.23. The molecule has 0 N–H and O–H groups in total. The number of benzene rings is 1. The molecule has 0 aromatic heterocycles. The van der Waals surface area contributed by atoms with Crippen molar-refractivity contribution in [1.29, 1.82) is 0 Å². The van der Waals surface area contributed by atoms with Crippen LogP contribution in [0.4, 0.5) is 5.69 Å². The fraction of sp³-hybridized carbons (Fsp3) is 0.455. The van der Waals surface area contributed by atoms with Gasteiger partial charge in [0.05, 0.1) is 30.2 Å². The Morgan fingerprint density at radius 1 is 1.10 bits per heavy atom. The Balaban J connectivity index is 1.65. The molecule has 2 saturated heterocycles. The van der Waals surface area contributed by atoms with Gasteiger partial charge in [-0.05, 0) is 36.8 Å². The maximum Gasteiger partial charge on any atom is 0.305 e. The highest BCUT2D eigenvalue weighted by Gasteiger charge is 2.72. The van der Waals surface area contributed by atoms with E-state index < -0.39 is 53.6 Å². The molecule has 1 aromatic carbocycles. The summed E-state index contributed by atoms with van der Waals surface area (Å²) in [6.07, 6.45) is 1.87. The van der Waals surface area contributed by atoms with Crippen LogP contribution < -0.4 is 9.64 Å². The second-order valence-electron chi connectivity index (χ2n) is 7.70. The van der Waals surface area contributed by atoms with E-state index in [0.29, 0.717) is 18.0 Å².